The van der Waals surface area contributed by atoms with Crippen LogP contribution in [0.4, 0.5) is 5.82 Å². The SMILES string of the molecule is CCN(c1nccn(C)c1=O)C(C)CC(=O)O. The van der Waals surface area contributed by atoms with Gasteiger partial charge in [0.25, 0.3) is 5.56 Å². The highest BCUT2D eigenvalue weighted by molar-refractivity contribution is 5.68. The molecule has 1 unspecified atom stereocenters. The van der Waals surface area contributed by atoms with Crippen LogP contribution in [0.3, 0.4) is 0 Å². The molecule has 0 aromatic carbocycles. The Bertz CT molecular complexity index is 456. The molecule has 1 atom stereocenters. The number of carboxylic acid groups (broad SMARTS) is 1. The molecule has 1 aromatic rings. The highest BCUT2D eigenvalue weighted by Crippen LogP contribution is 2.10. The maximum atomic E-state index is 11.9. The predicted octanol–water partition coefficient (Wildman–Crippen LogP) is 0.470. The summed E-state index contributed by atoms with van der Waals surface area (Å²) in [7, 11) is 1.64. The van der Waals surface area contributed by atoms with E-state index in [1.807, 2.05) is 6.92 Å². The Kier molecular flexibility index (Phi) is 4.25. The van der Waals surface area contributed by atoms with E-state index in [0.717, 1.165) is 0 Å². The molecule has 1 N–H and O–H groups in total. The van der Waals surface area contributed by atoms with Crippen molar-refractivity contribution in [2.45, 2.75) is 26.3 Å². The second-order valence-corrected chi connectivity index (χ2v) is 3.90. The number of hydrogen-bond acceptors (Lipinski definition) is 4. The fourth-order valence-corrected chi connectivity index (χ4v) is 1.71. The van der Waals surface area contributed by atoms with Gasteiger partial charge in [-0.05, 0) is 13.8 Å². The molecule has 0 bridgehead atoms. The van der Waals surface area contributed by atoms with Crippen LogP contribution in [-0.4, -0.2) is 33.2 Å². The van der Waals surface area contributed by atoms with Crippen molar-refractivity contribution < 1.29 is 9.90 Å². The molecule has 6 nitrogen and oxygen atoms in total. The molecule has 0 amide bonds. The third-order valence-electron chi connectivity index (χ3n) is 2.61. The highest BCUT2D eigenvalue weighted by Gasteiger charge is 2.19. The number of rotatable bonds is 5. The van der Waals surface area contributed by atoms with E-state index in [1.165, 1.54) is 10.8 Å². The minimum Gasteiger partial charge on any atom is -0.481 e. The van der Waals surface area contributed by atoms with Crippen molar-refractivity contribution in [1.29, 1.82) is 0 Å². The summed E-state index contributed by atoms with van der Waals surface area (Å²) in [5, 5.41) is 8.77. The van der Waals surface area contributed by atoms with E-state index in [1.54, 1.807) is 25.1 Å². The van der Waals surface area contributed by atoms with Crippen LogP contribution in [0.5, 0.6) is 0 Å². The van der Waals surface area contributed by atoms with Gasteiger partial charge in [-0.2, -0.15) is 0 Å². The molecule has 0 spiro atoms. The zero-order valence-corrected chi connectivity index (χ0v) is 10.3. The van der Waals surface area contributed by atoms with Gasteiger partial charge in [-0.25, -0.2) is 4.98 Å². The molecule has 0 saturated heterocycles. The van der Waals surface area contributed by atoms with Crippen LogP contribution in [0.2, 0.25) is 0 Å². The van der Waals surface area contributed by atoms with E-state index in [0.29, 0.717) is 12.4 Å². The maximum absolute atomic E-state index is 11.9. The van der Waals surface area contributed by atoms with Crippen molar-refractivity contribution in [2.75, 3.05) is 11.4 Å². The monoisotopic (exact) mass is 239 g/mol. The molecular formula is C11H17N3O3. The molecule has 1 heterocycles. The lowest BCUT2D eigenvalue weighted by Crippen LogP contribution is -2.39. The zero-order valence-electron chi connectivity index (χ0n) is 10.3. The first-order valence-electron chi connectivity index (χ1n) is 5.47. The molecule has 0 aliphatic rings. The van der Waals surface area contributed by atoms with Crippen molar-refractivity contribution >= 4 is 11.8 Å². The van der Waals surface area contributed by atoms with Gasteiger partial charge >= 0.3 is 5.97 Å². The summed E-state index contributed by atoms with van der Waals surface area (Å²) in [5.41, 5.74) is -0.216. The van der Waals surface area contributed by atoms with Gasteiger partial charge in [0.15, 0.2) is 5.82 Å². The van der Waals surface area contributed by atoms with Crippen molar-refractivity contribution in [1.82, 2.24) is 9.55 Å². The molecule has 0 fully saturated rings. The number of carbonyl (C=O) groups is 1. The van der Waals surface area contributed by atoms with Crippen molar-refractivity contribution in [3.05, 3.63) is 22.7 Å². The van der Waals surface area contributed by atoms with Gasteiger partial charge in [-0.15, -0.1) is 0 Å². The quantitative estimate of drug-likeness (QED) is 0.808. The summed E-state index contributed by atoms with van der Waals surface area (Å²) in [4.78, 5) is 28.3. The summed E-state index contributed by atoms with van der Waals surface area (Å²) in [5.74, 6) is -0.588. The van der Waals surface area contributed by atoms with Gasteiger partial charge in [0.2, 0.25) is 0 Å². The molecule has 1 aromatic heterocycles. The molecule has 0 radical (unpaired) electrons. The van der Waals surface area contributed by atoms with Crippen LogP contribution in [0.25, 0.3) is 0 Å². The highest BCUT2D eigenvalue weighted by atomic mass is 16.4. The zero-order chi connectivity index (χ0) is 13.0. The van der Waals surface area contributed by atoms with Crippen LogP contribution in [0.15, 0.2) is 17.2 Å². The van der Waals surface area contributed by atoms with Gasteiger partial charge in [0.05, 0.1) is 6.42 Å². The first-order chi connectivity index (χ1) is 7.97. The number of anilines is 1. The Hall–Kier alpha value is -1.85. The molecule has 94 valence electrons. The fraction of sp³-hybridized carbons (Fsp3) is 0.545. The molecule has 1 rings (SSSR count). The average molecular weight is 239 g/mol. The van der Waals surface area contributed by atoms with E-state index in [4.69, 9.17) is 5.11 Å². The minimum absolute atomic E-state index is 0.0203. The molecule has 0 aliphatic carbocycles. The molecular weight excluding hydrogens is 222 g/mol. The molecule has 6 heteroatoms. The van der Waals surface area contributed by atoms with Crippen molar-refractivity contribution in [3.63, 3.8) is 0 Å². The molecule has 17 heavy (non-hydrogen) atoms. The van der Waals surface area contributed by atoms with E-state index in [9.17, 15) is 9.59 Å². The first-order valence-corrected chi connectivity index (χ1v) is 5.47. The van der Waals surface area contributed by atoms with Crippen LogP contribution >= 0.6 is 0 Å². The van der Waals surface area contributed by atoms with E-state index in [-0.39, 0.29) is 18.0 Å². The Morgan fingerprint density at radius 1 is 1.65 bits per heavy atom. The largest absolute Gasteiger partial charge is 0.481 e. The smallest absolute Gasteiger partial charge is 0.305 e. The summed E-state index contributed by atoms with van der Waals surface area (Å²) >= 11 is 0. The normalized spacial score (nSPS) is 12.2. The van der Waals surface area contributed by atoms with Gasteiger partial charge in [0, 0.05) is 32.0 Å². The number of aryl methyl sites for hydroxylation is 1. The van der Waals surface area contributed by atoms with Crippen LogP contribution in [0, 0.1) is 0 Å². The number of nitrogens with zero attached hydrogens (tertiary/aromatic N) is 3. The van der Waals surface area contributed by atoms with E-state index in [2.05, 4.69) is 4.98 Å². The fourth-order valence-electron chi connectivity index (χ4n) is 1.71. The predicted molar refractivity (Wildman–Crippen MR) is 64.2 cm³/mol. The number of aromatic nitrogens is 2. The topological polar surface area (TPSA) is 75.4 Å². The van der Waals surface area contributed by atoms with Crippen LogP contribution in [0.1, 0.15) is 20.3 Å². The summed E-state index contributed by atoms with van der Waals surface area (Å²) < 4.78 is 1.43. The van der Waals surface area contributed by atoms with Gasteiger partial charge in [-0.1, -0.05) is 0 Å². The van der Waals surface area contributed by atoms with Crippen LogP contribution < -0.4 is 10.5 Å². The summed E-state index contributed by atoms with van der Waals surface area (Å²) in [6.45, 7) is 4.18. The number of aliphatic carboxylic acids is 1. The van der Waals surface area contributed by atoms with Crippen molar-refractivity contribution in [3.8, 4) is 0 Å². The lowest BCUT2D eigenvalue weighted by molar-refractivity contribution is -0.137. The Morgan fingerprint density at radius 3 is 2.82 bits per heavy atom. The Morgan fingerprint density at radius 2 is 2.29 bits per heavy atom. The first kappa shape index (κ1) is 13.2. The minimum atomic E-state index is -0.885. The number of hydrogen-bond donors (Lipinski definition) is 1. The van der Waals surface area contributed by atoms with Gasteiger partial charge in [-0.3, -0.25) is 9.59 Å². The Balaban J connectivity index is 3.05. The lowest BCUT2D eigenvalue weighted by atomic mass is 10.2. The third-order valence-corrected chi connectivity index (χ3v) is 2.61. The van der Waals surface area contributed by atoms with E-state index >= 15 is 0 Å². The maximum Gasteiger partial charge on any atom is 0.305 e. The van der Waals surface area contributed by atoms with Gasteiger partial charge in [0.1, 0.15) is 0 Å². The van der Waals surface area contributed by atoms with Crippen molar-refractivity contribution in [2.24, 2.45) is 7.05 Å². The molecule has 0 aliphatic heterocycles. The Labute approximate surface area is 99.5 Å². The van der Waals surface area contributed by atoms with Gasteiger partial charge < -0.3 is 14.6 Å². The standard InChI is InChI=1S/C11H17N3O3/c1-4-14(8(2)7-9(15)16)10-11(17)13(3)6-5-12-10/h5-6,8H,4,7H2,1-3H3,(H,15,16). The summed E-state index contributed by atoms with van der Waals surface area (Å²) in [6, 6.07) is -0.264. The third kappa shape index (κ3) is 3.05. The second kappa shape index (κ2) is 5.47. The molecule has 0 saturated carbocycles. The number of carboxylic acids is 1. The van der Waals surface area contributed by atoms with E-state index < -0.39 is 5.97 Å². The lowest BCUT2D eigenvalue weighted by Gasteiger charge is -2.27. The average Bonchev–Trinajstić information content (AvgIpc) is 2.24. The van der Waals surface area contributed by atoms with Crippen LogP contribution in [-0.2, 0) is 11.8 Å². The second-order valence-electron chi connectivity index (χ2n) is 3.90. The summed E-state index contributed by atoms with van der Waals surface area (Å²) in [6.07, 6.45) is 3.09.